The first-order chi connectivity index (χ1) is 9.63. The molecule has 0 unspecified atom stereocenters. The number of nitrogens with two attached hydrogens (primary N) is 1. The summed E-state index contributed by atoms with van der Waals surface area (Å²) in [7, 11) is 0. The number of hydrogen-bond acceptors (Lipinski definition) is 7. The molecule has 0 aliphatic rings. The molecule has 0 saturated carbocycles. The number of nitriles is 1. The van der Waals surface area contributed by atoms with Gasteiger partial charge in [-0.15, -0.1) is 0 Å². The van der Waals surface area contributed by atoms with Crippen molar-refractivity contribution in [2.45, 2.75) is 0 Å². The number of nitrogen functional groups attached to an aromatic ring is 1. The molecule has 0 fully saturated rings. The highest BCUT2D eigenvalue weighted by Gasteiger charge is 2.18. The van der Waals surface area contributed by atoms with E-state index in [0.29, 0.717) is 11.3 Å². The van der Waals surface area contributed by atoms with Crippen molar-refractivity contribution in [2.24, 2.45) is 5.84 Å². The highest BCUT2D eigenvalue weighted by molar-refractivity contribution is 5.50. The number of rotatable bonds is 4. The van der Waals surface area contributed by atoms with Crippen LogP contribution < -0.4 is 16.0 Å². The molecule has 0 atom stereocenters. The topological polar surface area (TPSA) is 127 Å². The standard InChI is InChI=1S/C12H9N5O3/c13-7-8-1-3-9(4-2-8)20-12-10(17(18)19)5-6-11(15-12)16-14/h1-6H,14H2,(H,15,16). The number of aromatic nitrogens is 1. The molecule has 2 aromatic rings. The molecule has 1 heterocycles. The smallest absolute Gasteiger partial charge is 0.331 e. The summed E-state index contributed by atoms with van der Waals surface area (Å²) in [6, 6.07) is 10.7. The lowest BCUT2D eigenvalue weighted by Gasteiger charge is -2.07. The molecule has 0 amide bonds. The van der Waals surface area contributed by atoms with Crippen LogP contribution in [0.25, 0.3) is 0 Å². The fourth-order valence-corrected chi connectivity index (χ4v) is 1.44. The zero-order chi connectivity index (χ0) is 14.5. The number of hydrazine groups is 1. The van der Waals surface area contributed by atoms with Gasteiger partial charge in [-0.3, -0.25) is 10.1 Å². The Morgan fingerprint density at radius 3 is 2.55 bits per heavy atom. The number of nitrogens with zero attached hydrogens (tertiary/aromatic N) is 3. The summed E-state index contributed by atoms with van der Waals surface area (Å²) in [6.07, 6.45) is 0. The molecule has 1 aromatic heterocycles. The van der Waals surface area contributed by atoms with E-state index in [1.54, 1.807) is 0 Å². The number of hydrogen-bond donors (Lipinski definition) is 2. The van der Waals surface area contributed by atoms with Gasteiger partial charge in [0.25, 0.3) is 0 Å². The van der Waals surface area contributed by atoms with Crippen LogP contribution >= 0.6 is 0 Å². The minimum Gasteiger partial charge on any atom is -0.434 e. The first-order valence-electron chi connectivity index (χ1n) is 5.44. The van der Waals surface area contributed by atoms with E-state index in [-0.39, 0.29) is 17.4 Å². The quantitative estimate of drug-likeness (QED) is 0.494. The number of pyridine rings is 1. The van der Waals surface area contributed by atoms with Crippen molar-refractivity contribution in [3.8, 4) is 17.7 Å². The van der Waals surface area contributed by atoms with Crippen LogP contribution in [0.4, 0.5) is 11.5 Å². The summed E-state index contributed by atoms with van der Waals surface area (Å²) < 4.78 is 5.36. The first-order valence-corrected chi connectivity index (χ1v) is 5.44. The molecule has 0 bridgehead atoms. The lowest BCUT2D eigenvalue weighted by atomic mass is 10.2. The number of nitrogens with one attached hydrogen (secondary N) is 1. The van der Waals surface area contributed by atoms with E-state index in [0.717, 1.165) is 0 Å². The van der Waals surface area contributed by atoms with Gasteiger partial charge in [0.2, 0.25) is 0 Å². The maximum atomic E-state index is 10.9. The van der Waals surface area contributed by atoms with Crippen molar-refractivity contribution in [1.82, 2.24) is 4.98 Å². The third-order valence-electron chi connectivity index (χ3n) is 2.38. The second-order valence-electron chi connectivity index (χ2n) is 3.66. The van der Waals surface area contributed by atoms with Crippen molar-refractivity contribution in [2.75, 3.05) is 5.43 Å². The Hall–Kier alpha value is -3.18. The Kier molecular flexibility index (Phi) is 3.74. The Bertz CT molecular complexity index is 678. The zero-order valence-corrected chi connectivity index (χ0v) is 10.1. The van der Waals surface area contributed by atoms with Crippen LogP contribution in [0.15, 0.2) is 36.4 Å². The number of nitro groups is 1. The van der Waals surface area contributed by atoms with Crippen molar-refractivity contribution < 1.29 is 9.66 Å². The molecule has 0 aliphatic carbocycles. The van der Waals surface area contributed by atoms with Gasteiger partial charge in [-0.25, -0.2) is 5.84 Å². The average molecular weight is 271 g/mol. The van der Waals surface area contributed by atoms with Gasteiger partial charge in [-0.1, -0.05) is 0 Å². The van der Waals surface area contributed by atoms with E-state index in [9.17, 15) is 10.1 Å². The summed E-state index contributed by atoms with van der Waals surface area (Å²) in [4.78, 5) is 14.2. The lowest BCUT2D eigenvalue weighted by Crippen LogP contribution is -2.09. The van der Waals surface area contributed by atoms with Crippen LogP contribution in [0.5, 0.6) is 11.6 Å². The van der Waals surface area contributed by atoms with Crippen LogP contribution in [0, 0.1) is 21.4 Å². The monoisotopic (exact) mass is 271 g/mol. The second kappa shape index (κ2) is 5.64. The fourth-order valence-electron chi connectivity index (χ4n) is 1.44. The Morgan fingerprint density at radius 2 is 2.00 bits per heavy atom. The number of ether oxygens (including phenoxy) is 1. The molecule has 8 nitrogen and oxygen atoms in total. The van der Waals surface area contributed by atoms with Crippen molar-refractivity contribution >= 4 is 11.5 Å². The van der Waals surface area contributed by atoms with Crippen LogP contribution in [0.1, 0.15) is 5.56 Å². The Morgan fingerprint density at radius 1 is 1.30 bits per heavy atom. The second-order valence-corrected chi connectivity index (χ2v) is 3.66. The third kappa shape index (κ3) is 2.80. The minimum atomic E-state index is -0.605. The molecule has 20 heavy (non-hydrogen) atoms. The van der Waals surface area contributed by atoms with E-state index in [1.807, 2.05) is 6.07 Å². The van der Waals surface area contributed by atoms with Gasteiger partial charge in [-0.05, 0) is 30.3 Å². The molecule has 2 rings (SSSR count). The summed E-state index contributed by atoms with van der Waals surface area (Å²) >= 11 is 0. The number of benzene rings is 1. The maximum absolute atomic E-state index is 10.9. The molecule has 1 aromatic carbocycles. The van der Waals surface area contributed by atoms with E-state index >= 15 is 0 Å². The third-order valence-corrected chi connectivity index (χ3v) is 2.38. The Balaban J connectivity index is 2.35. The summed E-state index contributed by atoms with van der Waals surface area (Å²) in [5.74, 6) is 5.58. The minimum absolute atomic E-state index is 0.185. The fraction of sp³-hybridized carbons (Fsp3) is 0. The van der Waals surface area contributed by atoms with Crippen LogP contribution in [-0.2, 0) is 0 Å². The molecular formula is C12H9N5O3. The normalized spacial score (nSPS) is 9.60. The SMILES string of the molecule is N#Cc1ccc(Oc2nc(NN)ccc2[N+](=O)[O-])cc1. The maximum Gasteiger partial charge on any atom is 0.331 e. The molecule has 8 heteroatoms. The van der Waals surface area contributed by atoms with Gasteiger partial charge in [0.1, 0.15) is 11.6 Å². The molecule has 0 spiro atoms. The highest BCUT2D eigenvalue weighted by atomic mass is 16.6. The van der Waals surface area contributed by atoms with Crippen LogP contribution in [-0.4, -0.2) is 9.91 Å². The average Bonchev–Trinajstić information content (AvgIpc) is 2.47. The molecular weight excluding hydrogens is 262 g/mol. The largest absolute Gasteiger partial charge is 0.434 e. The van der Waals surface area contributed by atoms with Gasteiger partial charge in [0, 0.05) is 6.07 Å². The lowest BCUT2D eigenvalue weighted by molar-refractivity contribution is -0.386. The van der Waals surface area contributed by atoms with Gasteiger partial charge < -0.3 is 10.2 Å². The predicted octanol–water partition coefficient (Wildman–Crippen LogP) is 1.94. The van der Waals surface area contributed by atoms with Crippen LogP contribution in [0.2, 0.25) is 0 Å². The summed E-state index contributed by atoms with van der Waals surface area (Å²) in [5, 5.41) is 19.6. The van der Waals surface area contributed by atoms with E-state index in [1.165, 1.54) is 36.4 Å². The van der Waals surface area contributed by atoms with E-state index in [4.69, 9.17) is 15.8 Å². The van der Waals surface area contributed by atoms with Crippen molar-refractivity contribution in [1.29, 1.82) is 5.26 Å². The number of anilines is 1. The zero-order valence-electron chi connectivity index (χ0n) is 10.1. The molecule has 100 valence electrons. The van der Waals surface area contributed by atoms with Crippen molar-refractivity contribution in [3.05, 3.63) is 52.1 Å². The summed E-state index contributed by atoms with van der Waals surface area (Å²) in [6.45, 7) is 0. The van der Waals surface area contributed by atoms with Gasteiger partial charge in [-0.2, -0.15) is 10.2 Å². The van der Waals surface area contributed by atoms with E-state index in [2.05, 4.69) is 10.4 Å². The molecule has 0 saturated heterocycles. The Labute approximate surface area is 113 Å². The molecule has 0 aliphatic heterocycles. The van der Waals surface area contributed by atoms with Crippen LogP contribution in [0.3, 0.4) is 0 Å². The van der Waals surface area contributed by atoms with Crippen molar-refractivity contribution in [3.63, 3.8) is 0 Å². The first kappa shape index (κ1) is 13.3. The molecule has 0 radical (unpaired) electrons. The predicted molar refractivity (Wildman–Crippen MR) is 69.9 cm³/mol. The highest BCUT2D eigenvalue weighted by Crippen LogP contribution is 2.30. The summed E-state index contributed by atoms with van der Waals surface area (Å²) in [5.41, 5.74) is 2.45. The molecule has 3 N–H and O–H groups in total. The van der Waals surface area contributed by atoms with Gasteiger partial charge in [0.05, 0.1) is 16.6 Å². The van der Waals surface area contributed by atoms with E-state index < -0.39 is 4.92 Å². The van der Waals surface area contributed by atoms with Gasteiger partial charge in [0.15, 0.2) is 0 Å². The van der Waals surface area contributed by atoms with Gasteiger partial charge >= 0.3 is 11.6 Å².